The van der Waals surface area contributed by atoms with Gasteiger partial charge in [0, 0.05) is 11.1 Å². The van der Waals surface area contributed by atoms with E-state index in [1.54, 1.807) is 48.5 Å². The van der Waals surface area contributed by atoms with Crippen molar-refractivity contribution in [2.75, 3.05) is 4.72 Å². The molecule has 4 aromatic rings. The highest BCUT2D eigenvalue weighted by Crippen LogP contribution is 2.25. The maximum atomic E-state index is 13.0. The van der Waals surface area contributed by atoms with Crippen LogP contribution in [0, 0.1) is 0 Å². The third kappa shape index (κ3) is 4.75. The molecule has 6 heteroatoms. The Morgan fingerprint density at radius 1 is 0.774 bits per heavy atom. The van der Waals surface area contributed by atoms with Gasteiger partial charge in [-0.15, -0.1) is 0 Å². The molecule has 0 radical (unpaired) electrons. The molecule has 0 aliphatic carbocycles. The number of benzene rings is 4. The fourth-order valence-electron chi connectivity index (χ4n) is 3.53. The van der Waals surface area contributed by atoms with Gasteiger partial charge in [0.1, 0.15) is 0 Å². The largest absolute Gasteiger partial charge is 0.478 e. The van der Waals surface area contributed by atoms with E-state index in [2.05, 4.69) is 4.72 Å². The zero-order valence-corrected chi connectivity index (χ0v) is 17.5. The Bertz CT molecular complexity index is 1340. The van der Waals surface area contributed by atoms with Crippen molar-refractivity contribution >= 4 is 32.5 Å². The van der Waals surface area contributed by atoms with Crippen LogP contribution in [-0.4, -0.2) is 19.5 Å². The molecule has 0 fully saturated rings. The van der Waals surface area contributed by atoms with Crippen LogP contribution in [0.25, 0.3) is 10.8 Å². The lowest BCUT2D eigenvalue weighted by Gasteiger charge is -2.12. The predicted octanol–water partition coefficient (Wildman–Crippen LogP) is 5.12. The topological polar surface area (TPSA) is 83.5 Å². The van der Waals surface area contributed by atoms with E-state index in [9.17, 15) is 13.2 Å². The Morgan fingerprint density at radius 2 is 1.45 bits per heavy atom. The number of carbonyl (C=O) groups is 1. The lowest BCUT2D eigenvalue weighted by Crippen LogP contribution is -2.13. The van der Waals surface area contributed by atoms with Gasteiger partial charge < -0.3 is 5.11 Å². The molecule has 156 valence electrons. The molecule has 0 aliphatic rings. The highest BCUT2D eigenvalue weighted by Gasteiger charge is 2.17. The fraction of sp³-hybridized carbons (Fsp3) is 0.0800. The highest BCUT2D eigenvalue weighted by molar-refractivity contribution is 7.93. The number of fused-ring (bicyclic) bond motifs is 1. The molecule has 0 amide bonds. The second kappa shape index (κ2) is 8.62. The summed E-state index contributed by atoms with van der Waals surface area (Å²) in [5.41, 5.74) is 2.77. The number of nitrogens with one attached hydrogen (secondary N) is 1. The maximum absolute atomic E-state index is 13.0. The van der Waals surface area contributed by atoms with Crippen LogP contribution in [-0.2, 0) is 22.9 Å². The monoisotopic (exact) mass is 431 g/mol. The second-order valence-electron chi connectivity index (χ2n) is 7.29. The smallest absolute Gasteiger partial charge is 0.335 e. The number of aromatic carboxylic acids is 1. The number of hydrogen-bond donors (Lipinski definition) is 2. The Balaban J connectivity index is 1.51. The van der Waals surface area contributed by atoms with Gasteiger partial charge in [-0.05, 0) is 59.7 Å². The van der Waals surface area contributed by atoms with E-state index < -0.39 is 16.0 Å². The van der Waals surface area contributed by atoms with Gasteiger partial charge >= 0.3 is 5.97 Å². The summed E-state index contributed by atoms with van der Waals surface area (Å²) < 4.78 is 28.8. The molecule has 4 aromatic carbocycles. The van der Waals surface area contributed by atoms with E-state index in [1.807, 2.05) is 42.5 Å². The summed E-state index contributed by atoms with van der Waals surface area (Å²) in [6.07, 6.45) is 1.43. The zero-order valence-electron chi connectivity index (χ0n) is 16.7. The van der Waals surface area contributed by atoms with E-state index in [4.69, 9.17) is 5.11 Å². The first-order chi connectivity index (χ1) is 14.9. The van der Waals surface area contributed by atoms with E-state index >= 15 is 0 Å². The van der Waals surface area contributed by atoms with Crippen molar-refractivity contribution in [3.05, 3.63) is 108 Å². The molecule has 0 unspecified atom stereocenters. The maximum Gasteiger partial charge on any atom is 0.335 e. The predicted molar refractivity (Wildman–Crippen MR) is 122 cm³/mol. The minimum absolute atomic E-state index is 0.245. The van der Waals surface area contributed by atoms with Crippen molar-refractivity contribution in [1.82, 2.24) is 0 Å². The van der Waals surface area contributed by atoms with Gasteiger partial charge in [0.05, 0.1) is 10.5 Å². The molecular formula is C25H21NO4S. The number of carboxylic acids is 1. The van der Waals surface area contributed by atoms with E-state index in [1.165, 1.54) is 0 Å². The molecule has 0 saturated heterocycles. The molecular weight excluding hydrogens is 410 g/mol. The van der Waals surface area contributed by atoms with Crippen molar-refractivity contribution in [3.8, 4) is 0 Å². The van der Waals surface area contributed by atoms with Crippen LogP contribution in [0.4, 0.5) is 5.69 Å². The number of anilines is 1. The summed E-state index contributed by atoms with van der Waals surface area (Å²) in [5.74, 6) is -0.947. The molecule has 0 atom stereocenters. The molecule has 0 saturated carbocycles. The Labute approximate surface area is 181 Å². The van der Waals surface area contributed by atoms with Gasteiger partial charge in [0.2, 0.25) is 0 Å². The number of aryl methyl sites for hydroxylation is 2. The zero-order chi connectivity index (χ0) is 21.8. The molecule has 0 spiro atoms. The summed E-state index contributed by atoms with van der Waals surface area (Å²) in [6, 6.07) is 26.7. The van der Waals surface area contributed by atoms with Crippen LogP contribution in [0.15, 0.2) is 95.9 Å². The molecule has 0 aromatic heterocycles. The first kappa shape index (κ1) is 20.6. The number of hydrogen-bond acceptors (Lipinski definition) is 3. The number of rotatable bonds is 7. The van der Waals surface area contributed by atoms with Crippen LogP contribution >= 0.6 is 0 Å². The Hall–Kier alpha value is -3.64. The van der Waals surface area contributed by atoms with E-state index in [0.717, 1.165) is 22.9 Å². The third-order valence-electron chi connectivity index (χ3n) is 5.12. The lowest BCUT2D eigenvalue weighted by molar-refractivity contribution is 0.0697. The molecule has 4 rings (SSSR count). The van der Waals surface area contributed by atoms with Crippen molar-refractivity contribution in [3.63, 3.8) is 0 Å². The van der Waals surface area contributed by atoms with Crippen molar-refractivity contribution in [1.29, 1.82) is 0 Å². The summed E-state index contributed by atoms with van der Waals surface area (Å²) in [5, 5.41) is 10.5. The second-order valence-corrected chi connectivity index (χ2v) is 8.94. The minimum Gasteiger partial charge on any atom is -0.478 e. The van der Waals surface area contributed by atoms with Crippen LogP contribution in [0.3, 0.4) is 0 Å². The van der Waals surface area contributed by atoms with Crippen LogP contribution in [0.5, 0.6) is 0 Å². The van der Waals surface area contributed by atoms with Gasteiger partial charge in [-0.25, -0.2) is 13.2 Å². The highest BCUT2D eigenvalue weighted by atomic mass is 32.2. The molecule has 31 heavy (non-hydrogen) atoms. The number of carboxylic acid groups (broad SMARTS) is 1. The average molecular weight is 432 g/mol. The average Bonchev–Trinajstić information content (AvgIpc) is 2.77. The quantitative estimate of drug-likeness (QED) is 0.425. The number of sulfonamides is 1. The van der Waals surface area contributed by atoms with Crippen LogP contribution in [0.2, 0.25) is 0 Å². The SMILES string of the molecule is O=C(O)c1ccc(CCc2cccc(NS(=O)(=O)c3cccc4ccccc34)c2)cc1. The van der Waals surface area contributed by atoms with Crippen LogP contribution < -0.4 is 4.72 Å². The molecule has 5 nitrogen and oxygen atoms in total. The van der Waals surface area contributed by atoms with Crippen molar-refractivity contribution in [2.45, 2.75) is 17.7 Å². The summed E-state index contributed by atoms with van der Waals surface area (Å²) in [4.78, 5) is 11.2. The van der Waals surface area contributed by atoms with Crippen molar-refractivity contribution in [2.24, 2.45) is 0 Å². The summed E-state index contributed by atoms with van der Waals surface area (Å²) in [7, 11) is -3.74. The standard InChI is InChI=1S/C25H21NO4S/c27-25(28)21-15-13-18(14-16-21)11-12-19-5-3-8-22(17-19)26-31(29,30)24-10-4-7-20-6-1-2-9-23(20)24/h1-10,13-17,26H,11-12H2,(H,27,28). The lowest BCUT2D eigenvalue weighted by atomic mass is 10.0. The Kier molecular flexibility index (Phi) is 5.73. The summed E-state index contributed by atoms with van der Waals surface area (Å²) >= 11 is 0. The normalized spacial score (nSPS) is 11.4. The van der Waals surface area contributed by atoms with Crippen LogP contribution in [0.1, 0.15) is 21.5 Å². The van der Waals surface area contributed by atoms with Gasteiger partial charge in [0.25, 0.3) is 10.0 Å². The Morgan fingerprint density at radius 3 is 2.23 bits per heavy atom. The molecule has 2 N–H and O–H groups in total. The van der Waals surface area contributed by atoms with E-state index in [-0.39, 0.29) is 10.5 Å². The minimum atomic E-state index is -3.74. The van der Waals surface area contributed by atoms with Gasteiger partial charge in [0.15, 0.2) is 0 Å². The third-order valence-corrected chi connectivity index (χ3v) is 6.56. The first-order valence-corrected chi connectivity index (χ1v) is 11.3. The summed E-state index contributed by atoms with van der Waals surface area (Å²) in [6.45, 7) is 0. The van der Waals surface area contributed by atoms with Gasteiger partial charge in [-0.1, -0.05) is 60.7 Å². The van der Waals surface area contributed by atoms with Gasteiger partial charge in [-0.3, -0.25) is 4.72 Å². The fourth-order valence-corrected chi connectivity index (χ4v) is 4.81. The molecule has 0 bridgehead atoms. The van der Waals surface area contributed by atoms with E-state index in [0.29, 0.717) is 17.5 Å². The molecule has 0 heterocycles. The van der Waals surface area contributed by atoms with Gasteiger partial charge in [-0.2, -0.15) is 0 Å². The van der Waals surface area contributed by atoms with Crippen molar-refractivity contribution < 1.29 is 18.3 Å². The molecule has 0 aliphatic heterocycles. The first-order valence-electron chi connectivity index (χ1n) is 9.84.